The number of nitrogens with one attached hydrogen (secondary N) is 1. The summed E-state index contributed by atoms with van der Waals surface area (Å²) in [5.74, 6) is -1.05. The average Bonchev–Trinajstić information content (AvgIpc) is 2.99. The zero-order valence-electron chi connectivity index (χ0n) is 21.8. The number of H-pyrrole nitrogens is 1. The van der Waals surface area contributed by atoms with E-state index in [1.807, 2.05) is 4.98 Å². The van der Waals surface area contributed by atoms with E-state index in [1.165, 1.54) is 0 Å². The number of halogens is 1. The van der Waals surface area contributed by atoms with Crippen molar-refractivity contribution in [3.63, 3.8) is 0 Å². The molecule has 1 aromatic rings. The lowest BCUT2D eigenvalue weighted by Crippen LogP contribution is -2.54. The van der Waals surface area contributed by atoms with Crippen LogP contribution in [0.2, 0.25) is 36.3 Å². The third-order valence-corrected chi connectivity index (χ3v) is 16.6. The van der Waals surface area contributed by atoms with E-state index in [-0.39, 0.29) is 16.7 Å². The van der Waals surface area contributed by atoms with E-state index in [0.717, 1.165) is 10.8 Å². The first-order valence-electron chi connectivity index (χ1n) is 11.4. The van der Waals surface area contributed by atoms with E-state index in [2.05, 4.69) is 74.3 Å². The molecule has 1 aliphatic rings. The molecule has 0 aliphatic carbocycles. The molecule has 2 rings (SSSR count). The van der Waals surface area contributed by atoms with Crippen molar-refractivity contribution >= 4 is 16.6 Å². The highest BCUT2D eigenvalue weighted by atomic mass is 28.4. The van der Waals surface area contributed by atoms with Crippen LogP contribution in [0.15, 0.2) is 28.4 Å². The highest BCUT2D eigenvalue weighted by Gasteiger charge is 2.53. The minimum Gasteiger partial charge on any atom is -0.413 e. The molecule has 10 heteroatoms. The van der Waals surface area contributed by atoms with Crippen molar-refractivity contribution in [1.29, 1.82) is 0 Å². The maximum absolute atomic E-state index is 14.0. The molecule has 0 amide bonds. The molecule has 0 radical (unpaired) electrons. The van der Waals surface area contributed by atoms with Gasteiger partial charge in [0.15, 0.2) is 16.6 Å². The molecule has 0 spiro atoms. The number of aromatic amines is 1. The monoisotopic (exact) mass is 500 g/mol. The normalized spacial score (nSPS) is 24.8. The molecule has 1 fully saturated rings. The second-order valence-electron chi connectivity index (χ2n) is 12.0. The Labute approximate surface area is 198 Å². The predicted molar refractivity (Wildman–Crippen MR) is 134 cm³/mol. The number of aromatic nitrogens is 2. The summed E-state index contributed by atoms with van der Waals surface area (Å²) in [7, 11) is -4.38. The average molecular weight is 501 g/mol. The smallest absolute Gasteiger partial charge is 0.330 e. The maximum atomic E-state index is 14.0. The first kappa shape index (κ1) is 27.9. The van der Waals surface area contributed by atoms with Crippen molar-refractivity contribution in [2.75, 3.05) is 6.61 Å². The first-order valence-corrected chi connectivity index (χ1v) is 17.2. The number of rotatable bonds is 7. The van der Waals surface area contributed by atoms with Crippen LogP contribution in [-0.4, -0.2) is 44.5 Å². The van der Waals surface area contributed by atoms with Gasteiger partial charge in [-0.25, -0.2) is 4.79 Å². The van der Waals surface area contributed by atoms with Gasteiger partial charge < -0.3 is 13.6 Å². The number of hydrogen-bond acceptors (Lipinski definition) is 5. The van der Waals surface area contributed by atoms with Crippen molar-refractivity contribution in [3.8, 4) is 0 Å². The third kappa shape index (κ3) is 5.67. The molecule has 3 atom stereocenters. The molecular weight excluding hydrogens is 459 g/mol. The van der Waals surface area contributed by atoms with Gasteiger partial charge in [0.25, 0.3) is 5.56 Å². The van der Waals surface area contributed by atoms with Gasteiger partial charge in [-0.2, -0.15) is 4.39 Å². The van der Waals surface area contributed by atoms with Crippen LogP contribution in [0.1, 0.15) is 54.2 Å². The molecule has 0 unspecified atom stereocenters. The SMILES string of the molecule is C=C[C@]1(CO[Si](C)(C)C(C)(C)C)O[C@@H](n2cc(F)c(=O)[nH]c2=O)C[C@@H]1O[Si](C)(C)C(C)(C)C. The van der Waals surface area contributed by atoms with Crippen LogP contribution >= 0.6 is 0 Å². The van der Waals surface area contributed by atoms with Crippen molar-refractivity contribution in [3.05, 3.63) is 45.5 Å². The summed E-state index contributed by atoms with van der Waals surface area (Å²) in [5, 5.41) is -0.0681. The van der Waals surface area contributed by atoms with E-state index in [9.17, 15) is 14.0 Å². The Hall–Kier alpha value is -1.34. The van der Waals surface area contributed by atoms with E-state index >= 15 is 0 Å². The number of ether oxygens (including phenoxy) is 1. The molecule has 7 nitrogen and oxygen atoms in total. The third-order valence-electron chi connectivity index (χ3n) is 7.60. The summed E-state index contributed by atoms with van der Waals surface area (Å²) >= 11 is 0. The lowest BCUT2D eigenvalue weighted by Gasteiger charge is -2.44. The zero-order chi connectivity index (χ0) is 25.6. The highest BCUT2D eigenvalue weighted by Crippen LogP contribution is 2.46. The van der Waals surface area contributed by atoms with Crippen LogP contribution in [-0.2, 0) is 13.6 Å². The first-order chi connectivity index (χ1) is 14.8. The molecule has 0 aromatic carbocycles. The van der Waals surface area contributed by atoms with Crippen molar-refractivity contribution in [2.45, 2.75) is 102 Å². The zero-order valence-corrected chi connectivity index (χ0v) is 23.8. The summed E-state index contributed by atoms with van der Waals surface area (Å²) in [6.07, 6.45) is 1.59. The van der Waals surface area contributed by atoms with Gasteiger partial charge in [-0.1, -0.05) is 47.6 Å². The lowest BCUT2D eigenvalue weighted by molar-refractivity contribution is -0.0923. The Morgan fingerprint density at radius 3 is 2.21 bits per heavy atom. The topological polar surface area (TPSA) is 82.5 Å². The quantitative estimate of drug-likeness (QED) is 0.424. The highest BCUT2D eigenvalue weighted by molar-refractivity contribution is 6.74. The van der Waals surface area contributed by atoms with E-state index in [0.29, 0.717) is 6.42 Å². The van der Waals surface area contributed by atoms with Gasteiger partial charge in [0.2, 0.25) is 5.82 Å². The molecule has 1 N–H and O–H groups in total. The second kappa shape index (κ2) is 9.03. The molecule has 2 heterocycles. The summed E-state index contributed by atoms with van der Waals surface area (Å²) in [4.78, 5) is 26.0. The summed E-state index contributed by atoms with van der Waals surface area (Å²) < 4.78 is 34.8. The molecule has 1 aliphatic heterocycles. The van der Waals surface area contributed by atoms with Crippen molar-refractivity contribution in [1.82, 2.24) is 9.55 Å². The predicted octanol–water partition coefficient (Wildman–Crippen LogP) is 4.93. The Bertz CT molecular complexity index is 990. The largest absolute Gasteiger partial charge is 0.413 e. The minimum absolute atomic E-state index is 0.0118. The van der Waals surface area contributed by atoms with Crippen LogP contribution in [0.3, 0.4) is 0 Å². The molecule has 1 saturated heterocycles. The van der Waals surface area contributed by atoms with Gasteiger partial charge in [-0.05, 0) is 36.3 Å². The Kier molecular flexibility index (Phi) is 7.64. The van der Waals surface area contributed by atoms with Crippen LogP contribution < -0.4 is 11.2 Å². The number of nitrogens with zero attached hydrogens (tertiary/aromatic N) is 1. The molecular formula is C23H41FN2O5Si2. The van der Waals surface area contributed by atoms with Gasteiger partial charge in [0.05, 0.1) is 18.9 Å². The fraction of sp³-hybridized carbons (Fsp3) is 0.739. The fourth-order valence-corrected chi connectivity index (χ4v) is 5.54. The minimum atomic E-state index is -2.24. The molecule has 33 heavy (non-hydrogen) atoms. The van der Waals surface area contributed by atoms with Crippen LogP contribution in [0, 0.1) is 5.82 Å². The van der Waals surface area contributed by atoms with Crippen LogP contribution in [0.25, 0.3) is 0 Å². The van der Waals surface area contributed by atoms with Crippen LogP contribution in [0.4, 0.5) is 4.39 Å². The summed E-state index contributed by atoms with van der Waals surface area (Å²) in [5.41, 5.74) is -2.82. The summed E-state index contributed by atoms with van der Waals surface area (Å²) in [6, 6.07) is 0. The Morgan fingerprint density at radius 1 is 1.18 bits per heavy atom. The van der Waals surface area contributed by atoms with Crippen molar-refractivity contribution < 1.29 is 18.0 Å². The molecule has 188 valence electrons. The standard InChI is InChI=1S/C23H41FN2O5Si2/c1-12-23(15-29-32(8,9)21(2,3)4)17(31-33(10,11)22(5,6)7)13-18(30-23)26-14-16(24)19(27)25-20(26)28/h12,14,17-18H,1,13,15H2,2-11H3,(H,25,27,28)/t17-,18+,23+/m0/s1. The number of hydrogen-bond donors (Lipinski definition) is 1. The summed E-state index contributed by atoms with van der Waals surface area (Å²) in [6.45, 7) is 25.8. The van der Waals surface area contributed by atoms with Gasteiger partial charge in [-0.3, -0.25) is 14.3 Å². The van der Waals surface area contributed by atoms with E-state index in [4.69, 9.17) is 13.6 Å². The Balaban J connectivity index is 2.50. The van der Waals surface area contributed by atoms with Gasteiger partial charge in [-0.15, -0.1) is 6.58 Å². The van der Waals surface area contributed by atoms with E-state index in [1.54, 1.807) is 6.08 Å². The second-order valence-corrected chi connectivity index (χ2v) is 21.6. The van der Waals surface area contributed by atoms with Gasteiger partial charge in [0, 0.05) is 6.42 Å². The van der Waals surface area contributed by atoms with Gasteiger partial charge >= 0.3 is 5.69 Å². The fourth-order valence-electron chi connectivity index (χ4n) is 3.16. The maximum Gasteiger partial charge on any atom is 0.330 e. The molecule has 0 bridgehead atoms. The van der Waals surface area contributed by atoms with Crippen LogP contribution in [0.5, 0.6) is 0 Å². The lowest BCUT2D eigenvalue weighted by atomic mass is 9.98. The van der Waals surface area contributed by atoms with Crippen molar-refractivity contribution in [2.24, 2.45) is 0 Å². The van der Waals surface area contributed by atoms with Gasteiger partial charge in [0.1, 0.15) is 11.8 Å². The Morgan fingerprint density at radius 2 is 1.73 bits per heavy atom. The molecule has 1 aromatic heterocycles. The van der Waals surface area contributed by atoms with E-state index < -0.39 is 51.6 Å². The molecule has 0 saturated carbocycles.